The molecule has 90 valence electrons. The first-order valence-electron chi connectivity index (χ1n) is 5.76. The smallest absolute Gasteiger partial charge is 0.235 e. The average molecular weight is 240 g/mol. The van der Waals surface area contributed by atoms with Crippen LogP contribution in [-0.4, -0.2) is 16.0 Å². The SMILES string of the molecule is O=C1Nc2ccccc2[C@@H]1[C@H](O)c1ccccn1. The minimum atomic E-state index is -0.921. The minimum absolute atomic E-state index is 0.186. The molecule has 2 heterocycles. The van der Waals surface area contributed by atoms with E-state index < -0.39 is 12.0 Å². The number of hydrogen-bond donors (Lipinski definition) is 2. The maximum absolute atomic E-state index is 11.9. The van der Waals surface area contributed by atoms with Crippen LogP contribution in [0.25, 0.3) is 0 Å². The molecule has 0 radical (unpaired) electrons. The topological polar surface area (TPSA) is 62.2 Å². The maximum Gasteiger partial charge on any atom is 0.235 e. The molecule has 3 rings (SSSR count). The molecule has 1 aromatic carbocycles. The van der Waals surface area contributed by atoms with E-state index in [9.17, 15) is 9.90 Å². The fourth-order valence-electron chi connectivity index (χ4n) is 2.27. The van der Waals surface area contributed by atoms with Gasteiger partial charge in [-0.25, -0.2) is 0 Å². The highest BCUT2D eigenvalue weighted by Gasteiger charge is 2.37. The molecule has 0 saturated carbocycles. The lowest BCUT2D eigenvalue weighted by Gasteiger charge is -2.16. The molecule has 18 heavy (non-hydrogen) atoms. The predicted molar refractivity (Wildman–Crippen MR) is 67.0 cm³/mol. The summed E-state index contributed by atoms with van der Waals surface area (Å²) in [5, 5.41) is 13.1. The van der Waals surface area contributed by atoms with Crippen molar-refractivity contribution in [2.45, 2.75) is 12.0 Å². The number of anilines is 1. The fourth-order valence-corrected chi connectivity index (χ4v) is 2.27. The van der Waals surface area contributed by atoms with Gasteiger partial charge in [0.05, 0.1) is 11.6 Å². The summed E-state index contributed by atoms with van der Waals surface area (Å²) in [4.78, 5) is 16.0. The number of nitrogens with one attached hydrogen (secondary N) is 1. The molecule has 0 unspecified atom stereocenters. The Morgan fingerprint density at radius 2 is 1.94 bits per heavy atom. The second kappa shape index (κ2) is 4.23. The minimum Gasteiger partial charge on any atom is -0.386 e. The van der Waals surface area contributed by atoms with E-state index in [0.29, 0.717) is 5.69 Å². The first-order chi connectivity index (χ1) is 8.77. The number of aliphatic hydroxyl groups excluding tert-OH is 1. The van der Waals surface area contributed by atoms with Crippen molar-refractivity contribution in [3.63, 3.8) is 0 Å². The van der Waals surface area contributed by atoms with Gasteiger partial charge in [-0.15, -0.1) is 0 Å². The summed E-state index contributed by atoms with van der Waals surface area (Å²) in [6, 6.07) is 12.7. The van der Waals surface area contributed by atoms with Crippen molar-refractivity contribution >= 4 is 11.6 Å². The van der Waals surface area contributed by atoms with Crippen LogP contribution in [0.4, 0.5) is 5.69 Å². The van der Waals surface area contributed by atoms with Crippen LogP contribution in [0.1, 0.15) is 23.3 Å². The zero-order valence-corrected chi connectivity index (χ0v) is 9.58. The lowest BCUT2D eigenvalue weighted by atomic mass is 9.92. The lowest BCUT2D eigenvalue weighted by molar-refractivity contribution is -0.119. The fraction of sp³-hybridized carbons (Fsp3) is 0.143. The molecule has 0 bridgehead atoms. The lowest BCUT2D eigenvalue weighted by Crippen LogP contribution is -2.20. The van der Waals surface area contributed by atoms with E-state index in [0.717, 1.165) is 11.3 Å². The quantitative estimate of drug-likeness (QED) is 0.842. The van der Waals surface area contributed by atoms with Crippen LogP contribution in [0.3, 0.4) is 0 Å². The van der Waals surface area contributed by atoms with Gasteiger partial charge >= 0.3 is 0 Å². The van der Waals surface area contributed by atoms with E-state index in [1.165, 1.54) is 0 Å². The molecule has 1 aliphatic rings. The number of aromatic nitrogens is 1. The third-order valence-electron chi connectivity index (χ3n) is 3.14. The highest BCUT2D eigenvalue weighted by molar-refractivity contribution is 6.03. The molecule has 2 N–H and O–H groups in total. The maximum atomic E-state index is 11.9. The van der Waals surface area contributed by atoms with Crippen LogP contribution in [0.5, 0.6) is 0 Å². The third kappa shape index (κ3) is 1.67. The van der Waals surface area contributed by atoms with E-state index in [4.69, 9.17) is 0 Å². The molecular formula is C14H12N2O2. The summed E-state index contributed by atoms with van der Waals surface area (Å²) in [5.74, 6) is -0.773. The van der Waals surface area contributed by atoms with Crippen LogP contribution < -0.4 is 5.32 Å². The van der Waals surface area contributed by atoms with Gasteiger partial charge in [-0.1, -0.05) is 24.3 Å². The largest absolute Gasteiger partial charge is 0.386 e. The van der Waals surface area contributed by atoms with Crippen LogP contribution in [0, 0.1) is 0 Å². The van der Waals surface area contributed by atoms with Gasteiger partial charge < -0.3 is 10.4 Å². The summed E-state index contributed by atoms with van der Waals surface area (Å²) in [6.45, 7) is 0. The molecule has 2 atom stereocenters. The number of aliphatic hydroxyl groups is 1. The zero-order valence-electron chi connectivity index (χ0n) is 9.58. The van der Waals surface area contributed by atoms with Gasteiger partial charge in [0.1, 0.15) is 6.10 Å². The number of benzene rings is 1. The van der Waals surface area contributed by atoms with Crippen LogP contribution in [-0.2, 0) is 4.79 Å². The summed E-state index contributed by atoms with van der Waals surface area (Å²) < 4.78 is 0. The first kappa shape index (κ1) is 10.9. The van der Waals surface area contributed by atoms with E-state index in [1.807, 2.05) is 24.3 Å². The van der Waals surface area contributed by atoms with E-state index in [-0.39, 0.29) is 5.91 Å². The summed E-state index contributed by atoms with van der Waals surface area (Å²) in [6.07, 6.45) is 0.687. The number of para-hydroxylation sites is 1. The van der Waals surface area contributed by atoms with Gasteiger partial charge in [-0.2, -0.15) is 0 Å². The molecule has 0 fully saturated rings. The second-order valence-corrected chi connectivity index (χ2v) is 4.25. The highest BCUT2D eigenvalue weighted by atomic mass is 16.3. The van der Waals surface area contributed by atoms with Crippen molar-refractivity contribution < 1.29 is 9.90 Å². The van der Waals surface area contributed by atoms with Crippen molar-refractivity contribution in [3.05, 3.63) is 59.9 Å². The molecule has 4 nitrogen and oxygen atoms in total. The van der Waals surface area contributed by atoms with E-state index >= 15 is 0 Å². The number of hydrogen-bond acceptors (Lipinski definition) is 3. The molecular weight excluding hydrogens is 228 g/mol. The number of carbonyl (C=O) groups excluding carboxylic acids is 1. The Labute approximate surface area is 104 Å². The Hall–Kier alpha value is -2.20. The number of carbonyl (C=O) groups is 1. The van der Waals surface area contributed by atoms with E-state index in [1.54, 1.807) is 24.4 Å². The molecule has 4 heteroatoms. The first-order valence-corrected chi connectivity index (χ1v) is 5.76. The number of rotatable bonds is 2. The molecule has 0 saturated heterocycles. The Morgan fingerprint density at radius 1 is 1.17 bits per heavy atom. The van der Waals surface area contributed by atoms with Crippen molar-refractivity contribution in [3.8, 4) is 0 Å². The van der Waals surface area contributed by atoms with Crippen LogP contribution in [0.2, 0.25) is 0 Å². The zero-order chi connectivity index (χ0) is 12.5. The second-order valence-electron chi connectivity index (χ2n) is 4.25. The molecule has 0 spiro atoms. The molecule has 0 aliphatic carbocycles. The third-order valence-corrected chi connectivity index (χ3v) is 3.14. The Balaban J connectivity index is 2.00. The van der Waals surface area contributed by atoms with Gasteiger partial charge in [0.15, 0.2) is 0 Å². The number of nitrogens with zero attached hydrogens (tertiary/aromatic N) is 1. The number of amides is 1. The van der Waals surface area contributed by atoms with Crippen molar-refractivity contribution in [1.29, 1.82) is 0 Å². The molecule has 1 amide bonds. The Kier molecular flexibility index (Phi) is 2.57. The van der Waals surface area contributed by atoms with Gasteiger partial charge in [0, 0.05) is 11.9 Å². The molecule has 2 aromatic rings. The monoisotopic (exact) mass is 240 g/mol. The average Bonchev–Trinajstić information content (AvgIpc) is 2.75. The van der Waals surface area contributed by atoms with Crippen LogP contribution in [0.15, 0.2) is 48.7 Å². The van der Waals surface area contributed by atoms with Gasteiger partial charge in [0.2, 0.25) is 5.91 Å². The Bertz CT molecular complexity index is 583. The van der Waals surface area contributed by atoms with Gasteiger partial charge in [-0.3, -0.25) is 9.78 Å². The standard InChI is InChI=1S/C14H12N2O2/c17-13(11-7-3-4-8-15-11)12-9-5-1-2-6-10(9)16-14(12)18/h1-8,12-13,17H,(H,16,18)/t12-,13-/m1/s1. The van der Waals surface area contributed by atoms with Crippen LogP contribution >= 0.6 is 0 Å². The van der Waals surface area contributed by atoms with Crippen molar-refractivity contribution in [2.24, 2.45) is 0 Å². The van der Waals surface area contributed by atoms with Gasteiger partial charge in [0.25, 0.3) is 0 Å². The number of fused-ring (bicyclic) bond motifs is 1. The van der Waals surface area contributed by atoms with Crippen molar-refractivity contribution in [2.75, 3.05) is 5.32 Å². The normalized spacial score (nSPS) is 19.2. The Morgan fingerprint density at radius 3 is 2.72 bits per heavy atom. The van der Waals surface area contributed by atoms with E-state index in [2.05, 4.69) is 10.3 Å². The predicted octanol–water partition coefficient (Wildman–Crippen LogP) is 1.85. The number of pyridine rings is 1. The van der Waals surface area contributed by atoms with Gasteiger partial charge in [-0.05, 0) is 23.8 Å². The highest BCUT2D eigenvalue weighted by Crippen LogP contribution is 2.39. The summed E-state index contributed by atoms with van der Waals surface area (Å²) in [5.41, 5.74) is 2.09. The molecule has 1 aliphatic heterocycles. The van der Waals surface area contributed by atoms with Crippen molar-refractivity contribution in [1.82, 2.24) is 4.98 Å². The summed E-state index contributed by atoms with van der Waals surface area (Å²) in [7, 11) is 0. The summed E-state index contributed by atoms with van der Waals surface area (Å²) >= 11 is 0. The molecule has 1 aromatic heterocycles.